The summed E-state index contributed by atoms with van der Waals surface area (Å²) in [5.74, 6) is -0.731. The molecule has 1 aromatic heterocycles. The van der Waals surface area contributed by atoms with Crippen LogP contribution in [0.2, 0.25) is 0 Å². The largest absolute Gasteiger partial charge is 0.354 e. The van der Waals surface area contributed by atoms with Crippen LogP contribution in [0.4, 0.5) is 15.8 Å². The molecule has 0 aliphatic carbocycles. The van der Waals surface area contributed by atoms with E-state index < -0.39 is 10.7 Å². The van der Waals surface area contributed by atoms with Crippen molar-refractivity contribution in [1.82, 2.24) is 20.6 Å². The van der Waals surface area contributed by atoms with Gasteiger partial charge in [-0.25, -0.2) is 4.39 Å². The van der Waals surface area contributed by atoms with Crippen LogP contribution in [0.5, 0.6) is 0 Å². The van der Waals surface area contributed by atoms with Crippen molar-refractivity contribution in [3.63, 3.8) is 0 Å². The third kappa shape index (κ3) is 3.10. The van der Waals surface area contributed by atoms with Gasteiger partial charge >= 0.3 is 0 Å². The van der Waals surface area contributed by atoms with Crippen LogP contribution in [0.25, 0.3) is 5.57 Å². The van der Waals surface area contributed by atoms with Gasteiger partial charge in [0.15, 0.2) is 5.82 Å². The lowest BCUT2D eigenvalue weighted by Gasteiger charge is -2.08. The van der Waals surface area contributed by atoms with Crippen LogP contribution in [0, 0.1) is 27.3 Å². The zero-order valence-electron chi connectivity index (χ0n) is 10.3. The number of allylic oxidation sites excluding steroid dienone is 1. The van der Waals surface area contributed by atoms with Crippen LogP contribution in [0.1, 0.15) is 5.82 Å². The van der Waals surface area contributed by atoms with Crippen molar-refractivity contribution in [3.05, 3.63) is 43.0 Å². The van der Waals surface area contributed by atoms with E-state index in [4.69, 9.17) is 5.26 Å². The first-order valence-electron chi connectivity index (χ1n) is 5.38. The lowest BCUT2D eigenvalue weighted by Crippen LogP contribution is -2.01. The highest BCUT2D eigenvalue weighted by molar-refractivity contribution is 9.11. The number of benzene rings is 1. The van der Waals surface area contributed by atoms with Crippen molar-refractivity contribution < 1.29 is 9.31 Å². The van der Waals surface area contributed by atoms with Gasteiger partial charge in [0, 0.05) is 12.3 Å². The number of hydrogen-bond acceptors (Lipinski definition) is 7. The van der Waals surface area contributed by atoms with Gasteiger partial charge in [-0.05, 0) is 37.1 Å². The van der Waals surface area contributed by atoms with E-state index in [2.05, 4.69) is 57.8 Å². The Labute approximate surface area is 138 Å². The molecule has 0 atom stereocenters. The maximum atomic E-state index is 13.8. The molecule has 0 saturated carbocycles. The van der Waals surface area contributed by atoms with Gasteiger partial charge in [0.05, 0.1) is 13.9 Å². The molecule has 0 radical (unpaired) electrons. The molecule has 9 nitrogen and oxygen atoms in total. The number of aromatic amines is 1. The van der Waals surface area contributed by atoms with Gasteiger partial charge in [0.25, 0.3) is 5.69 Å². The monoisotopic (exact) mass is 431 g/mol. The Balaban J connectivity index is 2.47. The van der Waals surface area contributed by atoms with Crippen molar-refractivity contribution in [2.45, 2.75) is 0 Å². The SMILES string of the molecule is N#CC(=CNc1c([N+](=O)[O-])cc(Br)c(F)c1Br)c1nn[nH]n1. The van der Waals surface area contributed by atoms with E-state index >= 15 is 0 Å². The van der Waals surface area contributed by atoms with Crippen molar-refractivity contribution in [2.75, 3.05) is 5.32 Å². The summed E-state index contributed by atoms with van der Waals surface area (Å²) < 4.78 is 13.6. The van der Waals surface area contributed by atoms with E-state index in [0.717, 1.165) is 12.3 Å². The molecule has 1 aromatic carbocycles. The second-order valence-corrected chi connectivity index (χ2v) is 5.33. The summed E-state index contributed by atoms with van der Waals surface area (Å²) in [6, 6.07) is 2.80. The summed E-state index contributed by atoms with van der Waals surface area (Å²) in [4.78, 5) is 10.4. The Morgan fingerprint density at radius 3 is 2.86 bits per heavy atom. The number of tetrazole rings is 1. The lowest BCUT2D eigenvalue weighted by molar-refractivity contribution is -0.384. The number of nitro benzene ring substituents is 1. The van der Waals surface area contributed by atoms with Crippen molar-refractivity contribution in [3.8, 4) is 6.07 Å². The number of nitro groups is 1. The first kappa shape index (κ1) is 16.0. The Kier molecular flexibility index (Phi) is 4.78. The average Bonchev–Trinajstić information content (AvgIpc) is 3.01. The zero-order valence-corrected chi connectivity index (χ0v) is 13.5. The molecular weight excluding hydrogens is 429 g/mol. The topological polar surface area (TPSA) is 133 Å². The summed E-state index contributed by atoms with van der Waals surface area (Å²) >= 11 is 5.82. The third-order valence-electron chi connectivity index (χ3n) is 2.41. The normalized spacial score (nSPS) is 11.1. The van der Waals surface area contributed by atoms with Crippen LogP contribution in [-0.4, -0.2) is 25.5 Å². The molecule has 12 heteroatoms. The standard InChI is InChI=1S/C10H4Br2FN7O2/c11-5-1-6(20(21)22)9(7(12)8(5)13)15-3-4(2-14)10-16-18-19-17-10/h1,3,15H,(H,16,17,18,19). The fraction of sp³-hybridized carbons (Fsp3) is 0. The zero-order chi connectivity index (χ0) is 16.3. The van der Waals surface area contributed by atoms with Gasteiger partial charge in [-0.3, -0.25) is 10.1 Å². The summed E-state index contributed by atoms with van der Waals surface area (Å²) in [6.07, 6.45) is 1.12. The van der Waals surface area contributed by atoms with Gasteiger partial charge in [-0.2, -0.15) is 10.5 Å². The molecule has 0 aliphatic heterocycles. The fourth-order valence-corrected chi connectivity index (χ4v) is 2.64. The van der Waals surface area contributed by atoms with E-state index in [-0.39, 0.29) is 31.7 Å². The van der Waals surface area contributed by atoms with E-state index in [0.29, 0.717) is 0 Å². The molecular formula is C10H4Br2FN7O2. The molecule has 2 aromatic rings. The van der Waals surface area contributed by atoms with Crippen LogP contribution >= 0.6 is 31.9 Å². The minimum Gasteiger partial charge on any atom is -0.354 e. The highest BCUT2D eigenvalue weighted by atomic mass is 79.9. The molecule has 0 spiro atoms. The highest BCUT2D eigenvalue weighted by Crippen LogP contribution is 2.39. The summed E-state index contributed by atoms with van der Waals surface area (Å²) in [7, 11) is 0. The molecule has 0 bridgehead atoms. The van der Waals surface area contributed by atoms with Crippen LogP contribution < -0.4 is 5.32 Å². The van der Waals surface area contributed by atoms with Crippen LogP contribution in [0.15, 0.2) is 21.2 Å². The number of hydrogen-bond donors (Lipinski definition) is 2. The summed E-state index contributed by atoms with van der Waals surface area (Å²) in [5.41, 5.74) is -0.581. The molecule has 0 unspecified atom stereocenters. The predicted molar refractivity (Wildman–Crippen MR) is 79.8 cm³/mol. The second kappa shape index (κ2) is 6.58. The van der Waals surface area contributed by atoms with Gasteiger partial charge in [-0.15, -0.1) is 10.2 Å². The molecule has 1 heterocycles. The number of halogens is 3. The molecule has 0 fully saturated rings. The minimum atomic E-state index is -0.723. The quantitative estimate of drug-likeness (QED) is 0.328. The van der Waals surface area contributed by atoms with E-state index in [1.165, 1.54) is 0 Å². The predicted octanol–water partition coefficient (Wildman–Crippen LogP) is 2.75. The highest BCUT2D eigenvalue weighted by Gasteiger charge is 2.22. The van der Waals surface area contributed by atoms with Gasteiger partial charge in [0.2, 0.25) is 5.82 Å². The number of nitrogens with zero attached hydrogens (tertiary/aromatic N) is 5. The lowest BCUT2D eigenvalue weighted by atomic mass is 10.2. The number of anilines is 1. The van der Waals surface area contributed by atoms with Crippen molar-refractivity contribution in [2.24, 2.45) is 0 Å². The molecule has 2 rings (SSSR count). The van der Waals surface area contributed by atoms with E-state index in [9.17, 15) is 14.5 Å². The van der Waals surface area contributed by atoms with Gasteiger partial charge in [-0.1, -0.05) is 0 Å². The fourth-order valence-electron chi connectivity index (χ4n) is 1.43. The molecule has 0 saturated heterocycles. The Bertz CT molecular complexity index is 801. The van der Waals surface area contributed by atoms with Crippen LogP contribution in [0.3, 0.4) is 0 Å². The molecule has 0 aliphatic rings. The summed E-state index contributed by atoms with van der Waals surface area (Å²) in [6.45, 7) is 0. The molecule has 0 amide bonds. The third-order valence-corrected chi connectivity index (χ3v) is 3.73. The van der Waals surface area contributed by atoms with Crippen LogP contribution in [-0.2, 0) is 0 Å². The number of nitrogens with one attached hydrogen (secondary N) is 2. The van der Waals surface area contributed by atoms with E-state index in [1.807, 2.05) is 0 Å². The Morgan fingerprint density at radius 1 is 1.59 bits per heavy atom. The average molecular weight is 433 g/mol. The minimum absolute atomic E-state index is 0.00800. The first-order chi connectivity index (χ1) is 10.5. The van der Waals surface area contributed by atoms with Crippen molar-refractivity contribution >= 4 is 48.8 Å². The number of rotatable bonds is 4. The Hall–Kier alpha value is -2.39. The van der Waals surface area contributed by atoms with Crippen molar-refractivity contribution in [1.29, 1.82) is 5.26 Å². The number of nitriles is 1. The maximum absolute atomic E-state index is 13.8. The maximum Gasteiger partial charge on any atom is 0.295 e. The van der Waals surface area contributed by atoms with Gasteiger partial charge in [0.1, 0.15) is 17.3 Å². The van der Waals surface area contributed by atoms with E-state index in [1.54, 1.807) is 6.07 Å². The Morgan fingerprint density at radius 2 is 2.32 bits per heavy atom. The summed E-state index contributed by atoms with van der Waals surface area (Å²) in [5, 5.41) is 35.3. The number of H-pyrrole nitrogens is 1. The van der Waals surface area contributed by atoms with Gasteiger partial charge < -0.3 is 5.32 Å². The second-order valence-electron chi connectivity index (χ2n) is 3.69. The first-order valence-corrected chi connectivity index (χ1v) is 6.96. The molecule has 2 N–H and O–H groups in total. The number of aromatic nitrogens is 4. The molecule has 22 heavy (non-hydrogen) atoms. The smallest absolute Gasteiger partial charge is 0.295 e. The molecule has 112 valence electrons.